The van der Waals surface area contributed by atoms with E-state index in [9.17, 15) is 10.1 Å². The summed E-state index contributed by atoms with van der Waals surface area (Å²) in [6.07, 6.45) is 8.91. The van der Waals surface area contributed by atoms with Gasteiger partial charge in [-0.05, 0) is 44.9 Å². The molecular formula is C16H25N3O2. The molecule has 2 saturated heterocycles. The molecule has 116 valence electrons. The van der Waals surface area contributed by atoms with E-state index in [0.717, 1.165) is 51.7 Å². The number of carbonyl (C=O) groups is 1. The van der Waals surface area contributed by atoms with E-state index < -0.39 is 0 Å². The number of piperidine rings is 2. The minimum Gasteiger partial charge on any atom is -0.396 e. The number of nitriles is 1. The van der Waals surface area contributed by atoms with Crippen LogP contribution in [-0.4, -0.2) is 53.1 Å². The van der Waals surface area contributed by atoms with Gasteiger partial charge in [0.05, 0.1) is 0 Å². The molecule has 5 heteroatoms. The van der Waals surface area contributed by atoms with Crippen molar-refractivity contribution >= 4 is 5.91 Å². The fourth-order valence-corrected chi connectivity index (χ4v) is 3.22. The lowest BCUT2D eigenvalue weighted by Gasteiger charge is -2.35. The fourth-order valence-electron chi connectivity index (χ4n) is 3.22. The van der Waals surface area contributed by atoms with Gasteiger partial charge in [-0.2, -0.15) is 5.26 Å². The summed E-state index contributed by atoms with van der Waals surface area (Å²) in [7, 11) is 0. The fraction of sp³-hybridized carbons (Fsp3) is 0.750. The maximum atomic E-state index is 12.4. The van der Waals surface area contributed by atoms with Gasteiger partial charge < -0.3 is 14.9 Å². The summed E-state index contributed by atoms with van der Waals surface area (Å²) in [6.45, 7) is 2.54. The molecular weight excluding hydrogens is 266 g/mol. The van der Waals surface area contributed by atoms with Gasteiger partial charge in [-0.1, -0.05) is 0 Å². The van der Waals surface area contributed by atoms with Crippen molar-refractivity contribution < 1.29 is 9.90 Å². The Labute approximate surface area is 126 Å². The molecule has 2 fully saturated rings. The Morgan fingerprint density at radius 1 is 1.19 bits per heavy atom. The first-order chi connectivity index (χ1) is 10.3. The van der Waals surface area contributed by atoms with Crippen LogP contribution in [0.1, 0.15) is 44.9 Å². The van der Waals surface area contributed by atoms with Gasteiger partial charge in [0.25, 0.3) is 5.91 Å². The van der Waals surface area contributed by atoms with Crippen LogP contribution in [0.5, 0.6) is 0 Å². The molecule has 0 radical (unpaired) electrons. The second-order valence-corrected chi connectivity index (χ2v) is 5.91. The standard InChI is InChI=1S/C16H25N3O2/c17-12-14(16(21)18-8-3-1-4-9-18)13-19-10-5-2-6-15(19)7-11-20/h13,15,20H,1-11H2/b14-13-. The van der Waals surface area contributed by atoms with Crippen LogP contribution in [-0.2, 0) is 4.79 Å². The normalized spacial score (nSPS) is 23.8. The van der Waals surface area contributed by atoms with E-state index >= 15 is 0 Å². The van der Waals surface area contributed by atoms with Crippen molar-refractivity contribution in [2.75, 3.05) is 26.2 Å². The van der Waals surface area contributed by atoms with Crippen LogP contribution < -0.4 is 0 Å². The molecule has 0 aromatic rings. The van der Waals surface area contributed by atoms with E-state index in [1.165, 1.54) is 6.42 Å². The lowest BCUT2D eigenvalue weighted by Crippen LogP contribution is -2.39. The molecule has 0 aliphatic carbocycles. The third-order valence-corrected chi connectivity index (χ3v) is 4.42. The van der Waals surface area contributed by atoms with Crippen LogP contribution in [0.3, 0.4) is 0 Å². The van der Waals surface area contributed by atoms with Gasteiger partial charge in [0, 0.05) is 38.5 Å². The Bertz CT molecular complexity index is 420. The molecule has 1 amide bonds. The monoisotopic (exact) mass is 291 g/mol. The van der Waals surface area contributed by atoms with Gasteiger partial charge in [-0.25, -0.2) is 0 Å². The molecule has 2 aliphatic heterocycles. The van der Waals surface area contributed by atoms with E-state index in [2.05, 4.69) is 11.0 Å². The van der Waals surface area contributed by atoms with Gasteiger partial charge in [0.2, 0.25) is 0 Å². The Morgan fingerprint density at radius 3 is 2.57 bits per heavy atom. The molecule has 0 spiro atoms. The highest BCUT2D eigenvalue weighted by Crippen LogP contribution is 2.21. The molecule has 0 bridgehead atoms. The lowest BCUT2D eigenvalue weighted by atomic mass is 10.00. The molecule has 1 N–H and O–H groups in total. The number of nitrogens with zero attached hydrogens (tertiary/aromatic N) is 3. The SMILES string of the molecule is N#C/C(=C/N1CCCCC1CCO)C(=O)N1CCCCC1. The topological polar surface area (TPSA) is 67.6 Å². The molecule has 2 rings (SSSR count). The number of aliphatic hydroxyl groups is 1. The van der Waals surface area contributed by atoms with Gasteiger partial charge in [-0.3, -0.25) is 4.79 Å². The predicted octanol–water partition coefficient (Wildman–Crippen LogP) is 1.64. The number of likely N-dealkylation sites (tertiary alicyclic amines) is 2. The van der Waals surface area contributed by atoms with Crippen LogP contribution in [0.4, 0.5) is 0 Å². The van der Waals surface area contributed by atoms with Crippen molar-refractivity contribution in [1.82, 2.24) is 9.80 Å². The molecule has 2 aliphatic rings. The van der Waals surface area contributed by atoms with Crippen molar-refractivity contribution in [2.24, 2.45) is 0 Å². The van der Waals surface area contributed by atoms with E-state index in [-0.39, 0.29) is 24.1 Å². The summed E-state index contributed by atoms with van der Waals surface area (Å²) < 4.78 is 0. The molecule has 0 aromatic heterocycles. The first kappa shape index (κ1) is 15.8. The quantitative estimate of drug-likeness (QED) is 0.631. The lowest BCUT2D eigenvalue weighted by molar-refractivity contribution is -0.127. The van der Waals surface area contributed by atoms with Crippen LogP contribution in [0.2, 0.25) is 0 Å². The number of amides is 1. The van der Waals surface area contributed by atoms with Crippen molar-refractivity contribution in [1.29, 1.82) is 5.26 Å². The number of hydrogen-bond donors (Lipinski definition) is 1. The second kappa shape index (κ2) is 8.04. The third-order valence-electron chi connectivity index (χ3n) is 4.42. The zero-order valence-electron chi connectivity index (χ0n) is 12.6. The summed E-state index contributed by atoms with van der Waals surface area (Å²) in [5.41, 5.74) is 0.238. The van der Waals surface area contributed by atoms with Crippen LogP contribution in [0.25, 0.3) is 0 Å². The Kier molecular flexibility index (Phi) is 6.06. The highest BCUT2D eigenvalue weighted by atomic mass is 16.3. The van der Waals surface area contributed by atoms with Crippen molar-refractivity contribution in [3.8, 4) is 6.07 Å². The smallest absolute Gasteiger partial charge is 0.266 e. The number of carbonyl (C=O) groups excluding carboxylic acids is 1. The molecule has 2 heterocycles. The first-order valence-electron chi connectivity index (χ1n) is 8.04. The Balaban J connectivity index is 2.07. The van der Waals surface area contributed by atoms with Gasteiger partial charge in [-0.15, -0.1) is 0 Å². The van der Waals surface area contributed by atoms with E-state index in [1.54, 1.807) is 11.1 Å². The third kappa shape index (κ3) is 4.21. The van der Waals surface area contributed by atoms with E-state index in [4.69, 9.17) is 5.11 Å². The minimum absolute atomic E-state index is 0.134. The summed E-state index contributed by atoms with van der Waals surface area (Å²) in [4.78, 5) is 16.3. The summed E-state index contributed by atoms with van der Waals surface area (Å²) in [6, 6.07) is 2.33. The van der Waals surface area contributed by atoms with Crippen molar-refractivity contribution in [2.45, 2.75) is 51.0 Å². The molecule has 5 nitrogen and oxygen atoms in total. The van der Waals surface area contributed by atoms with E-state index in [0.29, 0.717) is 6.42 Å². The highest BCUT2D eigenvalue weighted by molar-refractivity contribution is 5.97. The zero-order chi connectivity index (χ0) is 15.1. The van der Waals surface area contributed by atoms with Gasteiger partial charge in [0.15, 0.2) is 0 Å². The van der Waals surface area contributed by atoms with Gasteiger partial charge in [0.1, 0.15) is 11.6 Å². The predicted molar refractivity (Wildman–Crippen MR) is 80.2 cm³/mol. The summed E-state index contributed by atoms with van der Waals surface area (Å²) in [5, 5.41) is 18.5. The summed E-state index contributed by atoms with van der Waals surface area (Å²) in [5.74, 6) is -0.134. The maximum Gasteiger partial charge on any atom is 0.266 e. The van der Waals surface area contributed by atoms with Crippen LogP contribution >= 0.6 is 0 Å². The van der Waals surface area contributed by atoms with Crippen LogP contribution in [0.15, 0.2) is 11.8 Å². The second-order valence-electron chi connectivity index (χ2n) is 5.91. The molecule has 0 saturated carbocycles. The van der Waals surface area contributed by atoms with Gasteiger partial charge >= 0.3 is 0 Å². The van der Waals surface area contributed by atoms with Crippen molar-refractivity contribution in [3.05, 3.63) is 11.8 Å². The minimum atomic E-state index is -0.134. The maximum absolute atomic E-state index is 12.4. The molecule has 1 atom stereocenters. The highest BCUT2D eigenvalue weighted by Gasteiger charge is 2.24. The Morgan fingerprint density at radius 2 is 1.90 bits per heavy atom. The zero-order valence-corrected chi connectivity index (χ0v) is 12.6. The average Bonchev–Trinajstić information content (AvgIpc) is 2.54. The van der Waals surface area contributed by atoms with Crippen LogP contribution in [0, 0.1) is 11.3 Å². The van der Waals surface area contributed by atoms with E-state index in [1.807, 2.05) is 0 Å². The number of aliphatic hydroxyl groups excluding tert-OH is 1. The Hall–Kier alpha value is -1.54. The molecule has 0 aromatic carbocycles. The summed E-state index contributed by atoms with van der Waals surface area (Å²) >= 11 is 0. The number of hydrogen-bond acceptors (Lipinski definition) is 4. The average molecular weight is 291 g/mol. The first-order valence-corrected chi connectivity index (χ1v) is 8.04. The van der Waals surface area contributed by atoms with Crippen molar-refractivity contribution in [3.63, 3.8) is 0 Å². The number of rotatable bonds is 4. The molecule has 1 unspecified atom stereocenters. The largest absolute Gasteiger partial charge is 0.396 e. The molecule has 21 heavy (non-hydrogen) atoms.